The van der Waals surface area contributed by atoms with Crippen molar-refractivity contribution in [2.45, 2.75) is 31.1 Å². The van der Waals surface area contributed by atoms with E-state index in [1.165, 1.54) is 6.92 Å². The van der Waals surface area contributed by atoms with Gasteiger partial charge in [0.25, 0.3) is 0 Å². The molecule has 0 radical (unpaired) electrons. The van der Waals surface area contributed by atoms with Gasteiger partial charge in [-0.3, -0.25) is 4.79 Å². The van der Waals surface area contributed by atoms with Gasteiger partial charge in [0.2, 0.25) is 5.91 Å². The number of rotatable bonds is 1. The molecule has 1 aliphatic rings. The Morgan fingerprint density at radius 2 is 1.48 bits per heavy atom. The van der Waals surface area contributed by atoms with Gasteiger partial charge in [0.1, 0.15) is 0 Å². The minimum Gasteiger partial charge on any atom is -0.355 e. The number of hydrogen-bond acceptors (Lipinski definition) is 1. The first-order chi connectivity index (χ1) is 9.42. The lowest BCUT2D eigenvalue weighted by Gasteiger charge is -2.24. The van der Waals surface area contributed by atoms with Crippen molar-refractivity contribution in [2.75, 3.05) is 6.54 Å². The van der Waals surface area contributed by atoms with E-state index in [1.807, 2.05) is 0 Å². The molecule has 21 heavy (non-hydrogen) atoms. The fraction of sp³-hybridized carbons (Fsp3) is 0.462. The highest BCUT2D eigenvalue weighted by molar-refractivity contribution is 5.80. The number of carbonyl (C=O) groups excluding carboxylic acids is 1. The zero-order valence-electron chi connectivity index (χ0n) is 10.8. The van der Waals surface area contributed by atoms with Gasteiger partial charge in [-0.15, -0.1) is 0 Å². The monoisotopic (exact) mass is 311 g/mol. The summed E-state index contributed by atoms with van der Waals surface area (Å²) in [5.41, 5.74) is -3.97. The van der Waals surface area contributed by atoms with Gasteiger partial charge in [-0.25, -0.2) is 0 Å². The van der Waals surface area contributed by atoms with Crippen molar-refractivity contribution < 1.29 is 31.1 Å². The van der Waals surface area contributed by atoms with Crippen LogP contribution in [0.4, 0.5) is 26.3 Å². The molecule has 8 heteroatoms. The molecule has 1 atom stereocenters. The van der Waals surface area contributed by atoms with Crippen molar-refractivity contribution in [1.82, 2.24) is 5.32 Å². The Balaban J connectivity index is 2.58. The van der Waals surface area contributed by atoms with Crippen molar-refractivity contribution in [3.63, 3.8) is 0 Å². The normalized spacial score (nSPS) is 23.3. The Morgan fingerprint density at radius 1 is 1.00 bits per heavy atom. The van der Waals surface area contributed by atoms with Crippen LogP contribution >= 0.6 is 0 Å². The van der Waals surface area contributed by atoms with Gasteiger partial charge < -0.3 is 5.32 Å². The van der Waals surface area contributed by atoms with Gasteiger partial charge in [0, 0.05) is 18.4 Å². The summed E-state index contributed by atoms with van der Waals surface area (Å²) in [6, 6.07) is 1.43. The van der Waals surface area contributed by atoms with Crippen LogP contribution in [0.5, 0.6) is 0 Å². The third-order valence-corrected chi connectivity index (χ3v) is 3.51. The maximum Gasteiger partial charge on any atom is 0.416 e. The van der Waals surface area contributed by atoms with Crippen molar-refractivity contribution in [2.24, 2.45) is 0 Å². The average Bonchev–Trinajstić information content (AvgIpc) is 2.68. The van der Waals surface area contributed by atoms with E-state index in [0.29, 0.717) is 12.1 Å². The third kappa shape index (κ3) is 3.14. The average molecular weight is 311 g/mol. The lowest BCUT2D eigenvalue weighted by atomic mass is 9.80. The number of benzene rings is 1. The van der Waals surface area contributed by atoms with E-state index >= 15 is 0 Å². The van der Waals surface area contributed by atoms with E-state index < -0.39 is 34.8 Å². The van der Waals surface area contributed by atoms with Crippen LogP contribution < -0.4 is 5.32 Å². The van der Waals surface area contributed by atoms with Gasteiger partial charge in [0.05, 0.1) is 11.1 Å². The van der Waals surface area contributed by atoms with E-state index in [9.17, 15) is 31.1 Å². The summed E-state index contributed by atoms with van der Waals surface area (Å²) in [7, 11) is 0. The maximum absolute atomic E-state index is 12.8. The van der Waals surface area contributed by atoms with Crippen molar-refractivity contribution in [3.8, 4) is 0 Å². The van der Waals surface area contributed by atoms with Crippen LogP contribution in [0.15, 0.2) is 18.2 Å². The molecule has 0 bridgehead atoms. The SMILES string of the molecule is CC1(c2cc(C(F)(F)F)cc(C(F)(F)F)c2)CNC(=O)C1. The Kier molecular flexibility index (Phi) is 3.46. The summed E-state index contributed by atoms with van der Waals surface area (Å²) < 4.78 is 76.6. The van der Waals surface area contributed by atoms with E-state index in [-0.39, 0.29) is 24.6 Å². The van der Waals surface area contributed by atoms with E-state index in [0.717, 1.165) is 0 Å². The number of amides is 1. The second kappa shape index (κ2) is 4.64. The van der Waals surface area contributed by atoms with Crippen LogP contribution in [-0.4, -0.2) is 12.5 Å². The van der Waals surface area contributed by atoms with Crippen LogP contribution in [0.2, 0.25) is 0 Å². The van der Waals surface area contributed by atoms with Crippen molar-refractivity contribution >= 4 is 5.91 Å². The van der Waals surface area contributed by atoms with Crippen LogP contribution in [0.3, 0.4) is 0 Å². The van der Waals surface area contributed by atoms with Crippen LogP contribution in [0.25, 0.3) is 0 Å². The minimum absolute atomic E-state index is 0.00441. The number of nitrogens with one attached hydrogen (secondary N) is 1. The first-order valence-electron chi connectivity index (χ1n) is 5.98. The first-order valence-corrected chi connectivity index (χ1v) is 5.98. The summed E-state index contributed by atoms with van der Waals surface area (Å²) in [6.07, 6.45) is -9.92. The van der Waals surface area contributed by atoms with E-state index in [1.54, 1.807) is 0 Å². The summed E-state index contributed by atoms with van der Waals surface area (Å²) in [6.45, 7) is 1.46. The highest BCUT2D eigenvalue weighted by Gasteiger charge is 2.41. The molecule has 1 fully saturated rings. The fourth-order valence-corrected chi connectivity index (χ4v) is 2.28. The summed E-state index contributed by atoms with van der Waals surface area (Å²) in [5.74, 6) is -0.400. The molecule has 1 amide bonds. The number of carbonyl (C=O) groups is 1. The molecular formula is C13H11F6NO. The van der Waals surface area contributed by atoms with Gasteiger partial charge >= 0.3 is 12.4 Å². The molecule has 1 aromatic carbocycles. The zero-order chi connectivity index (χ0) is 16.1. The molecule has 0 aromatic heterocycles. The molecule has 0 aliphatic carbocycles. The van der Waals surface area contributed by atoms with Crippen LogP contribution in [0, 0.1) is 0 Å². The number of alkyl halides is 6. The molecule has 1 saturated heterocycles. The molecule has 1 heterocycles. The maximum atomic E-state index is 12.8. The summed E-state index contributed by atoms with van der Waals surface area (Å²) >= 11 is 0. The standard InChI is InChI=1S/C13H11F6NO/c1-11(5-10(21)20-6-11)7-2-8(12(14,15)16)4-9(3-7)13(17,18)19/h2-4H,5-6H2,1H3,(H,20,21). The topological polar surface area (TPSA) is 29.1 Å². The molecule has 1 N–H and O–H groups in total. The molecule has 1 unspecified atom stereocenters. The van der Waals surface area contributed by atoms with Crippen LogP contribution in [0.1, 0.15) is 30.0 Å². The Hall–Kier alpha value is -1.73. The van der Waals surface area contributed by atoms with Gasteiger partial charge in [-0.05, 0) is 23.8 Å². The third-order valence-electron chi connectivity index (χ3n) is 3.51. The predicted octanol–water partition coefficient (Wildman–Crippen LogP) is 3.50. The molecule has 2 rings (SSSR count). The van der Waals surface area contributed by atoms with Crippen LogP contribution in [-0.2, 0) is 22.6 Å². The Labute approximate surface area is 116 Å². The zero-order valence-corrected chi connectivity index (χ0v) is 10.8. The molecule has 1 aromatic rings. The van der Waals surface area contributed by atoms with Gasteiger partial charge in [-0.2, -0.15) is 26.3 Å². The van der Waals surface area contributed by atoms with Gasteiger partial charge in [-0.1, -0.05) is 6.92 Å². The second-order valence-corrected chi connectivity index (χ2v) is 5.31. The fourth-order valence-electron chi connectivity index (χ4n) is 2.28. The molecule has 2 nitrogen and oxygen atoms in total. The molecular weight excluding hydrogens is 300 g/mol. The quantitative estimate of drug-likeness (QED) is 0.790. The highest BCUT2D eigenvalue weighted by Crippen LogP contribution is 2.40. The molecule has 0 saturated carbocycles. The van der Waals surface area contributed by atoms with Crippen molar-refractivity contribution in [3.05, 3.63) is 34.9 Å². The summed E-state index contributed by atoms with van der Waals surface area (Å²) in [4.78, 5) is 11.2. The first kappa shape index (κ1) is 15.7. The highest BCUT2D eigenvalue weighted by atomic mass is 19.4. The minimum atomic E-state index is -4.89. The number of halogens is 6. The summed E-state index contributed by atoms with van der Waals surface area (Å²) in [5, 5.41) is 2.42. The second-order valence-electron chi connectivity index (χ2n) is 5.31. The van der Waals surface area contributed by atoms with Gasteiger partial charge in [0.15, 0.2) is 0 Å². The van der Waals surface area contributed by atoms with E-state index in [2.05, 4.69) is 5.32 Å². The lowest BCUT2D eigenvalue weighted by Crippen LogP contribution is -2.26. The Morgan fingerprint density at radius 3 is 1.81 bits per heavy atom. The number of hydrogen-bond donors (Lipinski definition) is 1. The molecule has 116 valence electrons. The molecule has 0 spiro atoms. The lowest BCUT2D eigenvalue weighted by molar-refractivity contribution is -0.143. The Bertz CT molecular complexity index is 545. The van der Waals surface area contributed by atoms with Crippen molar-refractivity contribution in [1.29, 1.82) is 0 Å². The smallest absolute Gasteiger partial charge is 0.355 e. The predicted molar refractivity (Wildman–Crippen MR) is 61.4 cm³/mol. The largest absolute Gasteiger partial charge is 0.416 e. The van der Waals surface area contributed by atoms with E-state index in [4.69, 9.17) is 0 Å². The molecule has 1 aliphatic heterocycles.